The molecule has 0 bridgehead atoms. The molecule has 0 atom stereocenters. The highest BCUT2D eigenvalue weighted by molar-refractivity contribution is 7.92. The fourth-order valence-electron chi connectivity index (χ4n) is 3.68. The van der Waals surface area contributed by atoms with Crippen molar-refractivity contribution in [1.29, 1.82) is 0 Å². The van der Waals surface area contributed by atoms with Gasteiger partial charge in [-0.3, -0.25) is 13.9 Å². The van der Waals surface area contributed by atoms with Gasteiger partial charge in [0.1, 0.15) is 6.54 Å². The maximum Gasteiger partial charge on any atom is 0.264 e. The van der Waals surface area contributed by atoms with Crippen LogP contribution in [0.25, 0.3) is 0 Å². The number of carbonyl (C=O) groups is 2. The predicted molar refractivity (Wildman–Crippen MR) is 148 cm³/mol. The van der Waals surface area contributed by atoms with Gasteiger partial charge < -0.3 is 10.6 Å². The molecule has 3 aromatic rings. The molecule has 2 amide bonds. The van der Waals surface area contributed by atoms with E-state index in [-0.39, 0.29) is 22.6 Å². The summed E-state index contributed by atoms with van der Waals surface area (Å²) in [4.78, 5) is 26.0. The molecule has 0 aliphatic carbocycles. The van der Waals surface area contributed by atoms with Crippen LogP contribution >= 0.6 is 0 Å². The van der Waals surface area contributed by atoms with Crippen molar-refractivity contribution in [3.05, 3.63) is 89.5 Å². The lowest BCUT2D eigenvalue weighted by atomic mass is 10.0. The molecule has 0 aromatic heterocycles. The third-order valence-corrected chi connectivity index (χ3v) is 7.65. The van der Waals surface area contributed by atoms with Gasteiger partial charge in [0.05, 0.1) is 21.8 Å². The van der Waals surface area contributed by atoms with Crippen LogP contribution in [-0.4, -0.2) is 33.3 Å². The van der Waals surface area contributed by atoms with Crippen molar-refractivity contribution in [2.45, 2.75) is 45.4 Å². The molecule has 0 heterocycles. The van der Waals surface area contributed by atoms with E-state index in [1.165, 1.54) is 12.1 Å². The van der Waals surface area contributed by atoms with Crippen LogP contribution in [0.1, 0.15) is 55.1 Å². The number of carbonyl (C=O) groups excluding carboxylic acids is 2. The van der Waals surface area contributed by atoms with E-state index in [9.17, 15) is 18.0 Å². The third kappa shape index (κ3) is 7.20. The van der Waals surface area contributed by atoms with Crippen LogP contribution in [0.4, 0.5) is 11.4 Å². The minimum absolute atomic E-state index is 0.0901. The monoisotopic (exact) mass is 521 g/mol. The molecule has 0 fully saturated rings. The van der Waals surface area contributed by atoms with Crippen molar-refractivity contribution >= 4 is 33.2 Å². The zero-order valence-corrected chi connectivity index (χ0v) is 22.8. The summed E-state index contributed by atoms with van der Waals surface area (Å²) in [5.41, 5.74) is 2.99. The van der Waals surface area contributed by atoms with Crippen molar-refractivity contribution in [2.75, 3.05) is 22.7 Å². The van der Waals surface area contributed by atoms with Crippen LogP contribution in [0.15, 0.2) is 77.7 Å². The molecule has 0 aliphatic heterocycles. The number of anilines is 2. The molecule has 0 radical (unpaired) electrons. The largest absolute Gasteiger partial charge is 0.352 e. The zero-order valence-electron chi connectivity index (χ0n) is 22.0. The lowest BCUT2D eigenvalue weighted by Crippen LogP contribution is -2.38. The normalized spacial score (nSPS) is 11.4. The minimum atomic E-state index is -4.04. The van der Waals surface area contributed by atoms with Crippen molar-refractivity contribution in [3.8, 4) is 0 Å². The molecule has 0 aliphatic rings. The van der Waals surface area contributed by atoms with E-state index in [2.05, 4.69) is 24.5 Å². The van der Waals surface area contributed by atoms with Crippen molar-refractivity contribution in [2.24, 2.45) is 5.92 Å². The summed E-state index contributed by atoms with van der Waals surface area (Å²) in [5.74, 6) is -0.322. The second kappa shape index (κ2) is 12.1. The molecular weight excluding hydrogens is 486 g/mol. The molecule has 7 nitrogen and oxygen atoms in total. The van der Waals surface area contributed by atoms with E-state index >= 15 is 0 Å². The Morgan fingerprint density at radius 2 is 1.49 bits per heavy atom. The van der Waals surface area contributed by atoms with Crippen molar-refractivity contribution in [1.82, 2.24) is 5.32 Å². The van der Waals surface area contributed by atoms with E-state index in [0.29, 0.717) is 23.5 Å². The molecule has 8 heteroatoms. The summed E-state index contributed by atoms with van der Waals surface area (Å²) in [5, 5.41) is 5.58. The Morgan fingerprint density at radius 3 is 2.08 bits per heavy atom. The second-order valence-electron chi connectivity index (χ2n) is 9.77. The molecule has 3 aromatic carbocycles. The number of amides is 2. The molecule has 3 rings (SSSR count). The Kier molecular flexibility index (Phi) is 9.10. The minimum Gasteiger partial charge on any atom is -0.352 e. The van der Waals surface area contributed by atoms with Crippen molar-refractivity contribution in [3.63, 3.8) is 0 Å². The van der Waals surface area contributed by atoms with Crippen LogP contribution < -0.4 is 14.9 Å². The molecule has 0 spiro atoms. The van der Waals surface area contributed by atoms with E-state index in [1.807, 2.05) is 32.9 Å². The molecule has 2 N–H and O–H groups in total. The summed E-state index contributed by atoms with van der Waals surface area (Å²) >= 11 is 0. The van der Waals surface area contributed by atoms with E-state index < -0.39 is 22.5 Å². The number of para-hydroxylation sites is 1. The summed E-state index contributed by atoms with van der Waals surface area (Å²) in [6.07, 6.45) is 0. The summed E-state index contributed by atoms with van der Waals surface area (Å²) in [6.45, 7) is 10.0. The lowest BCUT2D eigenvalue weighted by Gasteiger charge is -2.25. The van der Waals surface area contributed by atoms with Crippen molar-refractivity contribution < 1.29 is 18.0 Å². The molecule has 0 saturated heterocycles. The van der Waals surface area contributed by atoms with E-state index in [1.54, 1.807) is 48.5 Å². The Morgan fingerprint density at radius 1 is 0.865 bits per heavy atom. The first kappa shape index (κ1) is 27.9. The average Bonchev–Trinajstić information content (AvgIpc) is 2.86. The van der Waals surface area contributed by atoms with Gasteiger partial charge in [0.25, 0.3) is 15.9 Å². The Hall–Kier alpha value is -3.65. The topological polar surface area (TPSA) is 95.6 Å². The summed E-state index contributed by atoms with van der Waals surface area (Å²) in [7, 11) is -4.04. The number of aryl methyl sites for hydroxylation is 1. The average molecular weight is 522 g/mol. The Balaban J connectivity index is 1.92. The number of sulfonamides is 1. The van der Waals surface area contributed by atoms with Gasteiger partial charge in [0.2, 0.25) is 5.91 Å². The number of hydrogen-bond donors (Lipinski definition) is 2. The van der Waals surface area contributed by atoms with Gasteiger partial charge in [-0.05, 0) is 60.7 Å². The first-order chi connectivity index (χ1) is 17.5. The Labute approximate surface area is 220 Å². The van der Waals surface area contributed by atoms with Crippen LogP contribution in [0.3, 0.4) is 0 Å². The fraction of sp³-hybridized carbons (Fsp3) is 0.310. The lowest BCUT2D eigenvalue weighted by molar-refractivity contribution is -0.114. The predicted octanol–water partition coefficient (Wildman–Crippen LogP) is 5.34. The quantitative estimate of drug-likeness (QED) is 0.377. The first-order valence-corrected chi connectivity index (χ1v) is 13.8. The van der Waals surface area contributed by atoms with Gasteiger partial charge in [0, 0.05) is 6.54 Å². The van der Waals surface area contributed by atoms with Gasteiger partial charge in [-0.25, -0.2) is 8.42 Å². The standard InChI is InChI=1S/C29H35N3O4S/c1-20(2)18-30-29(34)26-8-6-7-9-27(26)31-28(33)19-32(24-14-12-23(13-15-24)21(3)4)37(35,36)25-16-10-22(5)11-17-25/h6-17,20-21H,18-19H2,1-5H3,(H,30,34)(H,31,33). The highest BCUT2D eigenvalue weighted by Crippen LogP contribution is 2.26. The van der Waals surface area contributed by atoms with Crippen LogP contribution in [0, 0.1) is 12.8 Å². The highest BCUT2D eigenvalue weighted by atomic mass is 32.2. The van der Waals surface area contributed by atoms with Gasteiger partial charge in [-0.15, -0.1) is 0 Å². The summed E-state index contributed by atoms with van der Waals surface area (Å²) < 4.78 is 28.4. The number of nitrogens with one attached hydrogen (secondary N) is 2. The van der Waals surface area contributed by atoms with E-state index in [0.717, 1.165) is 15.4 Å². The highest BCUT2D eigenvalue weighted by Gasteiger charge is 2.28. The number of nitrogens with zero attached hydrogens (tertiary/aromatic N) is 1. The Bertz CT molecular complexity index is 1330. The molecule has 0 unspecified atom stereocenters. The molecule has 196 valence electrons. The maximum absolute atomic E-state index is 13.7. The van der Waals surface area contributed by atoms with Gasteiger partial charge in [0.15, 0.2) is 0 Å². The maximum atomic E-state index is 13.7. The van der Waals surface area contributed by atoms with Crippen LogP contribution in [0.5, 0.6) is 0 Å². The van der Waals surface area contributed by atoms with Gasteiger partial charge in [-0.2, -0.15) is 0 Å². The van der Waals surface area contributed by atoms with E-state index in [4.69, 9.17) is 0 Å². The summed E-state index contributed by atoms with van der Waals surface area (Å²) in [6, 6.07) is 20.3. The second-order valence-corrected chi connectivity index (χ2v) is 11.6. The zero-order chi connectivity index (χ0) is 27.2. The van der Waals surface area contributed by atoms with Crippen LogP contribution in [-0.2, 0) is 14.8 Å². The van der Waals surface area contributed by atoms with Gasteiger partial charge in [-0.1, -0.05) is 69.7 Å². The number of hydrogen-bond acceptors (Lipinski definition) is 4. The fourth-order valence-corrected chi connectivity index (χ4v) is 5.10. The third-order valence-electron chi connectivity index (χ3n) is 5.86. The van der Waals surface area contributed by atoms with Crippen LogP contribution in [0.2, 0.25) is 0 Å². The smallest absolute Gasteiger partial charge is 0.264 e. The SMILES string of the molecule is Cc1ccc(S(=O)(=O)N(CC(=O)Nc2ccccc2C(=O)NCC(C)C)c2ccc(C(C)C)cc2)cc1. The number of rotatable bonds is 10. The van der Waals surface area contributed by atoms with Gasteiger partial charge >= 0.3 is 0 Å². The molecular formula is C29H35N3O4S. The molecule has 37 heavy (non-hydrogen) atoms. The number of benzene rings is 3. The first-order valence-electron chi connectivity index (χ1n) is 12.4. The molecule has 0 saturated carbocycles.